The van der Waals surface area contributed by atoms with E-state index in [1.165, 1.54) is 7.11 Å². The predicted octanol–water partition coefficient (Wildman–Crippen LogP) is 2.98. The second-order valence-corrected chi connectivity index (χ2v) is 5.49. The number of ether oxygens (including phenoxy) is 3. The van der Waals surface area contributed by atoms with E-state index in [1.807, 2.05) is 0 Å². The van der Waals surface area contributed by atoms with Gasteiger partial charge in [0.2, 0.25) is 0 Å². The fourth-order valence-electron chi connectivity index (χ4n) is 2.49. The Hall–Kier alpha value is -2.50. The van der Waals surface area contributed by atoms with Gasteiger partial charge in [-0.2, -0.15) is 0 Å². The Morgan fingerprint density at radius 2 is 1.87 bits per heavy atom. The SMILES string of the molecule is COc1cc(OC)c2c(C=O)cn(C(C)C(=O)OC(C)C)c2c1. The summed E-state index contributed by atoms with van der Waals surface area (Å²) in [5.41, 5.74) is 1.13. The molecule has 2 rings (SSSR count). The molecule has 1 aromatic carbocycles. The van der Waals surface area contributed by atoms with Gasteiger partial charge in [0.05, 0.1) is 31.2 Å². The highest BCUT2D eigenvalue weighted by Gasteiger charge is 2.23. The molecular weight excluding hydrogens is 298 g/mol. The summed E-state index contributed by atoms with van der Waals surface area (Å²) in [6.07, 6.45) is 2.17. The van der Waals surface area contributed by atoms with E-state index in [2.05, 4.69) is 0 Å². The molecule has 0 aliphatic rings. The Labute approximate surface area is 134 Å². The summed E-state index contributed by atoms with van der Waals surface area (Å²) < 4.78 is 17.6. The molecule has 23 heavy (non-hydrogen) atoms. The van der Waals surface area contributed by atoms with Gasteiger partial charge in [-0.1, -0.05) is 0 Å². The first-order chi connectivity index (χ1) is 10.9. The summed E-state index contributed by atoms with van der Waals surface area (Å²) in [5, 5.41) is 0.646. The first kappa shape index (κ1) is 16.9. The lowest BCUT2D eigenvalue weighted by molar-refractivity contribution is -0.150. The van der Waals surface area contributed by atoms with Crippen LogP contribution in [0.25, 0.3) is 10.9 Å². The van der Waals surface area contributed by atoms with E-state index >= 15 is 0 Å². The Kier molecular flexibility index (Phi) is 4.93. The molecule has 0 bridgehead atoms. The van der Waals surface area contributed by atoms with Gasteiger partial charge in [0.25, 0.3) is 0 Å². The van der Waals surface area contributed by atoms with Crippen LogP contribution in [-0.4, -0.2) is 37.1 Å². The predicted molar refractivity (Wildman–Crippen MR) is 86.4 cm³/mol. The minimum Gasteiger partial charge on any atom is -0.497 e. The minimum atomic E-state index is -0.578. The Balaban J connectivity index is 2.64. The molecule has 0 saturated heterocycles. The number of hydrogen-bond acceptors (Lipinski definition) is 5. The number of aromatic nitrogens is 1. The molecule has 0 aliphatic carbocycles. The fraction of sp³-hybridized carbons (Fsp3) is 0.412. The average molecular weight is 319 g/mol. The molecule has 0 radical (unpaired) electrons. The van der Waals surface area contributed by atoms with Crippen molar-refractivity contribution < 1.29 is 23.8 Å². The smallest absolute Gasteiger partial charge is 0.329 e. The standard InChI is InChI=1S/C17H21NO5/c1-10(2)23-17(20)11(3)18-8-12(9-19)16-14(18)6-13(21-4)7-15(16)22-5/h6-11H,1-5H3. The van der Waals surface area contributed by atoms with Crippen molar-refractivity contribution in [3.05, 3.63) is 23.9 Å². The maximum absolute atomic E-state index is 12.2. The molecule has 0 amide bonds. The van der Waals surface area contributed by atoms with Crippen LogP contribution in [0.15, 0.2) is 18.3 Å². The number of fused-ring (bicyclic) bond motifs is 1. The molecule has 0 saturated carbocycles. The highest BCUT2D eigenvalue weighted by molar-refractivity contribution is 6.02. The molecule has 1 unspecified atom stereocenters. The number of methoxy groups -OCH3 is 2. The Bertz CT molecular complexity index is 732. The number of esters is 1. The number of nitrogens with zero attached hydrogens (tertiary/aromatic N) is 1. The molecule has 0 aliphatic heterocycles. The van der Waals surface area contributed by atoms with E-state index in [1.54, 1.807) is 50.8 Å². The highest BCUT2D eigenvalue weighted by Crippen LogP contribution is 2.36. The fourth-order valence-corrected chi connectivity index (χ4v) is 2.49. The highest BCUT2D eigenvalue weighted by atomic mass is 16.5. The minimum absolute atomic E-state index is 0.207. The van der Waals surface area contributed by atoms with Crippen molar-refractivity contribution in [2.24, 2.45) is 0 Å². The van der Waals surface area contributed by atoms with Crippen LogP contribution in [0.1, 0.15) is 37.2 Å². The van der Waals surface area contributed by atoms with Crippen molar-refractivity contribution in [3.8, 4) is 11.5 Å². The molecule has 0 N–H and O–H groups in total. The van der Waals surface area contributed by atoms with Gasteiger partial charge in [-0.15, -0.1) is 0 Å². The quantitative estimate of drug-likeness (QED) is 0.605. The van der Waals surface area contributed by atoms with E-state index in [0.29, 0.717) is 28.0 Å². The van der Waals surface area contributed by atoms with Gasteiger partial charge in [0, 0.05) is 23.9 Å². The summed E-state index contributed by atoms with van der Waals surface area (Å²) >= 11 is 0. The molecule has 2 aromatic rings. The van der Waals surface area contributed by atoms with Crippen LogP contribution in [0.4, 0.5) is 0 Å². The second-order valence-electron chi connectivity index (χ2n) is 5.49. The average Bonchev–Trinajstić information content (AvgIpc) is 2.91. The third-order valence-electron chi connectivity index (χ3n) is 3.59. The number of rotatable bonds is 6. The summed E-state index contributed by atoms with van der Waals surface area (Å²) in [5.74, 6) is 0.733. The molecule has 1 aromatic heterocycles. The van der Waals surface area contributed by atoms with Crippen molar-refractivity contribution in [1.82, 2.24) is 4.57 Å². The van der Waals surface area contributed by atoms with Gasteiger partial charge in [-0.05, 0) is 20.8 Å². The lowest BCUT2D eigenvalue weighted by Gasteiger charge is -2.17. The van der Waals surface area contributed by atoms with Crippen molar-refractivity contribution in [1.29, 1.82) is 0 Å². The van der Waals surface area contributed by atoms with Crippen LogP contribution >= 0.6 is 0 Å². The summed E-state index contributed by atoms with van der Waals surface area (Å²) in [4.78, 5) is 23.6. The molecule has 1 heterocycles. The Morgan fingerprint density at radius 1 is 1.17 bits per heavy atom. The largest absolute Gasteiger partial charge is 0.497 e. The van der Waals surface area contributed by atoms with Crippen LogP contribution in [0, 0.1) is 0 Å². The second kappa shape index (κ2) is 6.73. The van der Waals surface area contributed by atoms with Crippen LogP contribution in [0.2, 0.25) is 0 Å². The summed E-state index contributed by atoms with van der Waals surface area (Å²) in [6, 6.07) is 2.89. The van der Waals surface area contributed by atoms with E-state index < -0.39 is 6.04 Å². The lowest BCUT2D eigenvalue weighted by Crippen LogP contribution is -2.21. The zero-order chi connectivity index (χ0) is 17.1. The van der Waals surface area contributed by atoms with Crippen LogP contribution in [-0.2, 0) is 9.53 Å². The molecule has 0 spiro atoms. The maximum atomic E-state index is 12.2. The van der Waals surface area contributed by atoms with Gasteiger partial charge < -0.3 is 18.8 Å². The molecule has 0 fully saturated rings. The van der Waals surface area contributed by atoms with Crippen molar-refractivity contribution in [2.75, 3.05) is 14.2 Å². The third-order valence-corrected chi connectivity index (χ3v) is 3.59. The molecule has 6 nitrogen and oxygen atoms in total. The number of carbonyl (C=O) groups is 2. The Morgan fingerprint density at radius 3 is 2.39 bits per heavy atom. The number of aldehydes is 1. The maximum Gasteiger partial charge on any atom is 0.329 e. The zero-order valence-corrected chi connectivity index (χ0v) is 14.0. The van der Waals surface area contributed by atoms with Gasteiger partial charge in [-0.25, -0.2) is 4.79 Å². The number of hydrogen-bond donors (Lipinski definition) is 0. The summed E-state index contributed by atoms with van der Waals surface area (Å²) in [6.45, 7) is 5.31. The molecule has 1 atom stereocenters. The van der Waals surface area contributed by atoms with E-state index in [9.17, 15) is 9.59 Å². The van der Waals surface area contributed by atoms with Gasteiger partial charge in [-0.3, -0.25) is 4.79 Å². The number of benzene rings is 1. The van der Waals surface area contributed by atoms with E-state index in [0.717, 1.165) is 6.29 Å². The molecular formula is C17H21NO5. The van der Waals surface area contributed by atoms with Crippen molar-refractivity contribution in [2.45, 2.75) is 32.9 Å². The first-order valence-corrected chi connectivity index (χ1v) is 7.35. The monoisotopic (exact) mass is 319 g/mol. The first-order valence-electron chi connectivity index (χ1n) is 7.35. The van der Waals surface area contributed by atoms with E-state index in [-0.39, 0.29) is 12.1 Å². The summed E-state index contributed by atoms with van der Waals surface area (Å²) in [7, 11) is 3.07. The van der Waals surface area contributed by atoms with Crippen LogP contribution in [0.3, 0.4) is 0 Å². The lowest BCUT2D eigenvalue weighted by atomic mass is 10.1. The zero-order valence-electron chi connectivity index (χ0n) is 14.0. The topological polar surface area (TPSA) is 66.8 Å². The normalized spacial score (nSPS) is 12.3. The van der Waals surface area contributed by atoms with Crippen LogP contribution in [0.5, 0.6) is 11.5 Å². The van der Waals surface area contributed by atoms with Crippen molar-refractivity contribution in [3.63, 3.8) is 0 Å². The third kappa shape index (κ3) is 3.16. The van der Waals surface area contributed by atoms with Crippen LogP contribution < -0.4 is 9.47 Å². The molecule has 124 valence electrons. The van der Waals surface area contributed by atoms with Gasteiger partial charge in [0.15, 0.2) is 6.29 Å². The van der Waals surface area contributed by atoms with E-state index in [4.69, 9.17) is 14.2 Å². The number of carbonyl (C=O) groups excluding carboxylic acids is 2. The van der Waals surface area contributed by atoms with Crippen molar-refractivity contribution >= 4 is 23.2 Å². The van der Waals surface area contributed by atoms with Gasteiger partial charge in [0.1, 0.15) is 17.5 Å². The van der Waals surface area contributed by atoms with Gasteiger partial charge >= 0.3 is 5.97 Å². The molecule has 6 heteroatoms.